The molecule has 2 heterocycles. The molecule has 1 aromatic carbocycles. The number of carbonyl (C=O) groups is 2. The van der Waals surface area contributed by atoms with Crippen molar-refractivity contribution in [3.8, 4) is 5.75 Å². The van der Waals surface area contributed by atoms with E-state index >= 15 is 0 Å². The Morgan fingerprint density at radius 3 is 2.62 bits per heavy atom. The van der Waals surface area contributed by atoms with Crippen LogP contribution in [0.4, 0.5) is 8.78 Å². The molecule has 0 unspecified atom stereocenters. The summed E-state index contributed by atoms with van der Waals surface area (Å²) in [4.78, 5) is 38.6. The first-order valence-electron chi connectivity index (χ1n) is 10.5. The molecule has 1 fully saturated rings. The fourth-order valence-corrected chi connectivity index (χ4v) is 4.81. The van der Waals surface area contributed by atoms with Gasteiger partial charge in [0.25, 0.3) is 5.91 Å². The minimum absolute atomic E-state index is 0.0146. The molecule has 0 spiro atoms. The Bertz CT molecular complexity index is 1180. The summed E-state index contributed by atoms with van der Waals surface area (Å²) < 4.78 is 28.1. The summed E-state index contributed by atoms with van der Waals surface area (Å²) in [6.07, 6.45) is 4.30. The molecule has 0 bridgehead atoms. The van der Waals surface area contributed by atoms with Crippen LogP contribution in [0.1, 0.15) is 65.4 Å². The Morgan fingerprint density at radius 1 is 1.19 bits per heavy atom. The number of carbonyl (C=O) groups excluding carboxylic acids is 2. The van der Waals surface area contributed by atoms with Gasteiger partial charge in [0.15, 0.2) is 11.5 Å². The third-order valence-corrected chi connectivity index (χ3v) is 6.90. The number of nitrogens with one attached hydrogen (secondary N) is 1. The molecule has 1 aliphatic heterocycles. The van der Waals surface area contributed by atoms with Crippen molar-refractivity contribution in [3.05, 3.63) is 63.1 Å². The van der Waals surface area contributed by atoms with Gasteiger partial charge in [-0.1, -0.05) is 25.3 Å². The van der Waals surface area contributed by atoms with Crippen molar-refractivity contribution >= 4 is 11.7 Å². The van der Waals surface area contributed by atoms with Crippen LogP contribution in [0.5, 0.6) is 5.75 Å². The molecule has 0 radical (unpaired) electrons. The van der Waals surface area contributed by atoms with Crippen LogP contribution in [0.3, 0.4) is 0 Å². The molecule has 32 heavy (non-hydrogen) atoms. The number of benzene rings is 1. The second-order valence-electron chi connectivity index (χ2n) is 8.87. The normalized spacial score (nSPS) is 24.9. The highest BCUT2D eigenvalue weighted by molar-refractivity contribution is 6.04. The lowest BCUT2D eigenvalue weighted by molar-refractivity contribution is -0.0832. The smallest absolute Gasteiger partial charge is 0.257 e. The van der Waals surface area contributed by atoms with Crippen molar-refractivity contribution in [2.45, 2.75) is 57.7 Å². The summed E-state index contributed by atoms with van der Waals surface area (Å²) in [5, 5.41) is 24.3. The van der Waals surface area contributed by atoms with Gasteiger partial charge < -0.3 is 20.1 Å². The summed E-state index contributed by atoms with van der Waals surface area (Å²) in [6, 6.07) is 2.89. The standard InChI is InChI=1S/C23H24F2N2O5/c1-22-7-3-2-4-8-23(22,32)12-27-11-15(18(28)19(29)17(27)20(22)30)21(31)26-10-13-5-6-14(24)9-16(13)25/h5-6,9,11,29,32H,2-4,7-8,10,12H2,1H3,(H,26,31)/t22-,23+/m0/s1. The van der Waals surface area contributed by atoms with Crippen molar-refractivity contribution < 1.29 is 28.6 Å². The van der Waals surface area contributed by atoms with Gasteiger partial charge in [-0.25, -0.2) is 8.78 Å². The zero-order chi connectivity index (χ0) is 23.3. The van der Waals surface area contributed by atoms with E-state index in [9.17, 15) is 33.4 Å². The van der Waals surface area contributed by atoms with Crippen LogP contribution in [0.2, 0.25) is 0 Å². The highest BCUT2D eigenvalue weighted by Crippen LogP contribution is 2.49. The molecule has 1 amide bonds. The molecule has 1 aromatic heterocycles. The zero-order valence-corrected chi connectivity index (χ0v) is 17.6. The Kier molecular flexibility index (Phi) is 5.40. The summed E-state index contributed by atoms with van der Waals surface area (Å²) in [7, 11) is 0. The van der Waals surface area contributed by atoms with Crippen LogP contribution in [0.15, 0.2) is 29.2 Å². The number of aromatic hydroxyl groups is 1. The average molecular weight is 446 g/mol. The lowest BCUT2D eigenvalue weighted by atomic mass is 9.64. The van der Waals surface area contributed by atoms with E-state index in [0.29, 0.717) is 18.9 Å². The van der Waals surface area contributed by atoms with Gasteiger partial charge in [0, 0.05) is 24.4 Å². The third-order valence-electron chi connectivity index (χ3n) is 6.90. The fraction of sp³-hybridized carbons (Fsp3) is 0.435. The van der Waals surface area contributed by atoms with Crippen molar-refractivity contribution in [3.63, 3.8) is 0 Å². The van der Waals surface area contributed by atoms with Crippen LogP contribution in [0, 0.1) is 17.0 Å². The highest BCUT2D eigenvalue weighted by atomic mass is 19.1. The van der Waals surface area contributed by atoms with Crippen LogP contribution >= 0.6 is 0 Å². The molecule has 2 aliphatic rings. The monoisotopic (exact) mass is 446 g/mol. The van der Waals surface area contributed by atoms with E-state index in [4.69, 9.17) is 0 Å². The molecular formula is C23H24F2N2O5. The fourth-order valence-electron chi connectivity index (χ4n) is 4.81. The summed E-state index contributed by atoms with van der Waals surface area (Å²) in [6.45, 7) is 1.30. The number of hydrogen-bond donors (Lipinski definition) is 3. The number of ketones is 1. The van der Waals surface area contributed by atoms with Crippen molar-refractivity contribution in [2.24, 2.45) is 5.41 Å². The van der Waals surface area contributed by atoms with E-state index in [-0.39, 0.29) is 24.3 Å². The zero-order valence-electron chi connectivity index (χ0n) is 17.6. The van der Waals surface area contributed by atoms with E-state index in [2.05, 4.69) is 5.32 Å². The number of halogens is 2. The Balaban J connectivity index is 1.68. The lowest BCUT2D eigenvalue weighted by Crippen LogP contribution is -2.58. The maximum Gasteiger partial charge on any atom is 0.257 e. The first-order valence-corrected chi connectivity index (χ1v) is 10.5. The SMILES string of the molecule is C[C@@]12CCCCC[C@@]1(O)Cn1cc(C(=O)NCc3ccc(F)cc3F)c(=O)c(O)c1C2=O. The number of fused-ring (bicyclic) bond motifs is 2. The van der Waals surface area contributed by atoms with Crippen LogP contribution in [0.25, 0.3) is 0 Å². The number of aromatic nitrogens is 1. The van der Waals surface area contributed by atoms with Gasteiger partial charge in [-0.05, 0) is 25.8 Å². The summed E-state index contributed by atoms with van der Waals surface area (Å²) in [5.74, 6) is -3.87. The topological polar surface area (TPSA) is 109 Å². The van der Waals surface area contributed by atoms with Crippen molar-refractivity contribution in [1.29, 1.82) is 0 Å². The van der Waals surface area contributed by atoms with Crippen LogP contribution in [-0.4, -0.2) is 32.1 Å². The van der Waals surface area contributed by atoms with Gasteiger partial charge in [0.2, 0.25) is 5.43 Å². The van der Waals surface area contributed by atoms with E-state index in [1.165, 1.54) is 10.6 Å². The third kappa shape index (κ3) is 3.40. The van der Waals surface area contributed by atoms with E-state index in [1.54, 1.807) is 6.92 Å². The Hall–Kier alpha value is -3.07. The van der Waals surface area contributed by atoms with Gasteiger partial charge in [-0.3, -0.25) is 14.4 Å². The van der Waals surface area contributed by atoms with Gasteiger partial charge in [0.1, 0.15) is 22.9 Å². The number of amides is 1. The van der Waals surface area contributed by atoms with Gasteiger partial charge in [-0.15, -0.1) is 0 Å². The predicted molar refractivity (Wildman–Crippen MR) is 110 cm³/mol. The minimum Gasteiger partial charge on any atom is -0.503 e. The molecule has 7 nitrogen and oxygen atoms in total. The molecular weight excluding hydrogens is 422 g/mol. The molecule has 2 aromatic rings. The van der Waals surface area contributed by atoms with Crippen molar-refractivity contribution in [2.75, 3.05) is 0 Å². The number of pyridine rings is 1. The first-order chi connectivity index (χ1) is 15.1. The first kappa shape index (κ1) is 22.1. The number of aliphatic hydroxyl groups is 1. The summed E-state index contributed by atoms with van der Waals surface area (Å²) >= 11 is 0. The maximum absolute atomic E-state index is 13.8. The molecule has 2 atom stereocenters. The lowest BCUT2D eigenvalue weighted by Gasteiger charge is -2.47. The van der Waals surface area contributed by atoms with Gasteiger partial charge >= 0.3 is 0 Å². The van der Waals surface area contributed by atoms with E-state index in [0.717, 1.165) is 31.5 Å². The minimum atomic E-state index is -1.37. The van der Waals surface area contributed by atoms with E-state index in [1.807, 2.05) is 0 Å². The quantitative estimate of drug-likeness (QED) is 0.672. The molecule has 1 aliphatic carbocycles. The van der Waals surface area contributed by atoms with Crippen LogP contribution < -0.4 is 10.7 Å². The molecule has 0 saturated heterocycles. The second-order valence-corrected chi connectivity index (χ2v) is 8.87. The molecule has 1 saturated carbocycles. The van der Waals surface area contributed by atoms with Gasteiger partial charge in [-0.2, -0.15) is 0 Å². The molecule has 9 heteroatoms. The highest BCUT2D eigenvalue weighted by Gasteiger charge is 2.56. The van der Waals surface area contributed by atoms with Gasteiger partial charge in [0.05, 0.1) is 17.6 Å². The Morgan fingerprint density at radius 2 is 1.91 bits per heavy atom. The predicted octanol–water partition coefficient (Wildman–Crippen LogP) is 2.66. The average Bonchev–Trinajstić information content (AvgIpc) is 2.89. The molecule has 4 rings (SSSR count). The second kappa shape index (κ2) is 7.81. The van der Waals surface area contributed by atoms with Crippen molar-refractivity contribution in [1.82, 2.24) is 9.88 Å². The molecule has 170 valence electrons. The van der Waals surface area contributed by atoms with E-state index < -0.39 is 51.1 Å². The van der Waals surface area contributed by atoms with Crippen LogP contribution in [-0.2, 0) is 13.1 Å². The maximum atomic E-state index is 13.8. The largest absolute Gasteiger partial charge is 0.503 e. The number of Topliss-reactive ketones (excluding diaryl/α,β-unsaturated/α-hetero) is 1. The molecule has 3 N–H and O–H groups in total. The Labute approximate surface area is 182 Å². The summed E-state index contributed by atoms with van der Waals surface area (Å²) in [5.41, 5.74) is -4.19. The number of rotatable bonds is 3. The number of hydrogen-bond acceptors (Lipinski definition) is 5. The number of nitrogens with zero attached hydrogens (tertiary/aromatic N) is 1.